The van der Waals surface area contributed by atoms with Crippen LogP contribution in [0.15, 0.2) is 34.2 Å². The summed E-state index contributed by atoms with van der Waals surface area (Å²) in [5.74, 6) is 0. The molecule has 2 aromatic rings. The number of carbonyl (C=O) groups excluding carboxylic acids is 1. The van der Waals surface area contributed by atoms with E-state index in [1.54, 1.807) is 24.7 Å². The number of hydrogen-bond donors (Lipinski definition) is 0. The number of aromatic nitrogens is 2. The molecule has 0 aliphatic carbocycles. The van der Waals surface area contributed by atoms with Crippen LogP contribution in [0.5, 0.6) is 0 Å². The minimum atomic E-state index is -4.55. The lowest BCUT2D eigenvalue weighted by molar-refractivity contribution is -0.138. The van der Waals surface area contributed by atoms with E-state index in [4.69, 9.17) is 0 Å². The van der Waals surface area contributed by atoms with Gasteiger partial charge in [0.25, 0.3) is 0 Å². The molecule has 0 unspecified atom stereocenters. The molecule has 0 radical (unpaired) electrons. The van der Waals surface area contributed by atoms with E-state index in [0.717, 1.165) is 16.8 Å². The first-order valence-corrected chi connectivity index (χ1v) is 6.48. The van der Waals surface area contributed by atoms with Crippen LogP contribution in [-0.2, 0) is 13.2 Å². The summed E-state index contributed by atoms with van der Waals surface area (Å²) in [6.07, 6.45) is -4.33. The molecule has 106 valence electrons. The largest absolute Gasteiger partial charge is 0.417 e. The van der Waals surface area contributed by atoms with Crippen molar-refractivity contribution in [2.75, 3.05) is 0 Å². The van der Waals surface area contributed by atoms with Gasteiger partial charge in [0.05, 0.1) is 16.3 Å². The highest BCUT2D eigenvalue weighted by atomic mass is 32.2. The minimum Gasteiger partial charge on any atom is -0.298 e. The Hall–Kier alpha value is -1.76. The predicted molar refractivity (Wildman–Crippen MR) is 68.9 cm³/mol. The average Bonchev–Trinajstić information content (AvgIpc) is 2.66. The van der Waals surface area contributed by atoms with Crippen LogP contribution in [0.3, 0.4) is 0 Å². The normalized spacial score (nSPS) is 11.7. The Bertz CT molecular complexity index is 650. The topological polar surface area (TPSA) is 34.9 Å². The van der Waals surface area contributed by atoms with Gasteiger partial charge in [-0.15, -0.1) is 0 Å². The summed E-state index contributed by atoms with van der Waals surface area (Å²) in [5, 5.41) is 4.86. The third kappa shape index (κ3) is 3.04. The number of nitrogens with zero attached hydrogens (tertiary/aromatic N) is 2. The first kappa shape index (κ1) is 14.6. The maximum atomic E-state index is 12.9. The van der Waals surface area contributed by atoms with E-state index in [1.807, 2.05) is 0 Å². The Morgan fingerprint density at radius 1 is 1.30 bits per heavy atom. The summed E-state index contributed by atoms with van der Waals surface area (Å²) in [6, 6.07) is 5.44. The van der Waals surface area contributed by atoms with Gasteiger partial charge in [-0.05, 0) is 31.2 Å². The molecular formula is C13H11F3N2OS. The summed E-state index contributed by atoms with van der Waals surface area (Å²) in [5.41, 5.74) is -0.491. The van der Waals surface area contributed by atoms with Crippen LogP contribution in [0, 0.1) is 6.92 Å². The second-order valence-electron chi connectivity index (χ2n) is 4.21. The highest BCUT2D eigenvalue weighted by molar-refractivity contribution is 7.99. The maximum absolute atomic E-state index is 12.9. The number of rotatable bonds is 3. The van der Waals surface area contributed by atoms with Crippen LogP contribution in [0.1, 0.15) is 21.6 Å². The molecule has 0 aliphatic heterocycles. The zero-order valence-corrected chi connectivity index (χ0v) is 11.5. The van der Waals surface area contributed by atoms with Gasteiger partial charge in [-0.1, -0.05) is 11.8 Å². The second-order valence-corrected chi connectivity index (χ2v) is 5.31. The van der Waals surface area contributed by atoms with Crippen molar-refractivity contribution in [2.24, 2.45) is 7.05 Å². The number of carbonyl (C=O) groups is 1. The van der Waals surface area contributed by atoms with Crippen molar-refractivity contribution in [3.63, 3.8) is 0 Å². The Kier molecular flexibility index (Phi) is 3.89. The molecule has 7 heteroatoms. The van der Waals surface area contributed by atoms with Gasteiger partial charge >= 0.3 is 6.18 Å². The van der Waals surface area contributed by atoms with Crippen LogP contribution in [0.4, 0.5) is 13.2 Å². The summed E-state index contributed by atoms with van der Waals surface area (Å²) < 4.78 is 40.2. The van der Waals surface area contributed by atoms with Gasteiger partial charge < -0.3 is 0 Å². The van der Waals surface area contributed by atoms with Gasteiger partial charge in [0, 0.05) is 17.5 Å². The molecule has 0 saturated heterocycles. The fraction of sp³-hybridized carbons (Fsp3) is 0.231. The molecule has 1 heterocycles. The summed E-state index contributed by atoms with van der Waals surface area (Å²) in [4.78, 5) is 11.1. The lowest BCUT2D eigenvalue weighted by Crippen LogP contribution is -2.09. The number of alkyl halides is 3. The van der Waals surface area contributed by atoms with Gasteiger partial charge in [0.1, 0.15) is 0 Å². The highest BCUT2D eigenvalue weighted by Gasteiger charge is 2.33. The predicted octanol–water partition coefficient (Wildman–Crippen LogP) is 3.71. The molecule has 1 aromatic heterocycles. The lowest BCUT2D eigenvalue weighted by Gasteiger charge is -2.11. The van der Waals surface area contributed by atoms with Crippen molar-refractivity contribution in [3.8, 4) is 0 Å². The fourth-order valence-electron chi connectivity index (χ4n) is 1.75. The average molecular weight is 300 g/mol. The third-order valence-corrected chi connectivity index (χ3v) is 3.72. The lowest BCUT2D eigenvalue weighted by atomic mass is 10.1. The van der Waals surface area contributed by atoms with Crippen LogP contribution in [0.2, 0.25) is 0 Å². The molecule has 0 atom stereocenters. The number of hydrogen-bond acceptors (Lipinski definition) is 3. The quantitative estimate of drug-likeness (QED) is 0.811. The van der Waals surface area contributed by atoms with Crippen molar-refractivity contribution in [2.45, 2.75) is 23.0 Å². The van der Waals surface area contributed by atoms with Crippen LogP contribution < -0.4 is 0 Å². The molecule has 0 N–H and O–H groups in total. The number of aryl methyl sites for hydroxylation is 2. The molecule has 3 nitrogen and oxygen atoms in total. The first-order valence-electron chi connectivity index (χ1n) is 5.66. The Balaban J connectivity index is 2.39. The Labute approximate surface area is 117 Å². The number of aldehydes is 1. The molecule has 0 amide bonds. The first-order chi connectivity index (χ1) is 9.31. The van der Waals surface area contributed by atoms with E-state index in [-0.39, 0.29) is 11.8 Å². The number of halogens is 3. The zero-order chi connectivity index (χ0) is 14.9. The van der Waals surface area contributed by atoms with Crippen LogP contribution in [-0.4, -0.2) is 16.1 Å². The third-order valence-electron chi connectivity index (χ3n) is 2.64. The van der Waals surface area contributed by atoms with E-state index in [9.17, 15) is 18.0 Å². The van der Waals surface area contributed by atoms with Crippen molar-refractivity contribution in [1.82, 2.24) is 9.78 Å². The highest BCUT2D eigenvalue weighted by Crippen LogP contribution is 2.36. The van der Waals surface area contributed by atoms with Crippen molar-refractivity contribution in [3.05, 3.63) is 41.1 Å². The van der Waals surface area contributed by atoms with E-state index in [2.05, 4.69) is 5.10 Å². The standard InChI is InChI=1S/C13H11F3N2OS/c1-8-5-12(18(2)17-8)20-10-4-3-9(7-19)11(6-10)13(14,15)16/h3-7H,1-2H3. The van der Waals surface area contributed by atoms with Crippen molar-refractivity contribution < 1.29 is 18.0 Å². The molecule has 0 spiro atoms. The molecule has 20 heavy (non-hydrogen) atoms. The monoisotopic (exact) mass is 300 g/mol. The van der Waals surface area contributed by atoms with Crippen molar-refractivity contribution >= 4 is 18.0 Å². The SMILES string of the molecule is Cc1cc(Sc2ccc(C=O)c(C(F)(F)F)c2)n(C)n1. The molecule has 1 aromatic carbocycles. The molecule has 0 bridgehead atoms. The van der Waals surface area contributed by atoms with Gasteiger partial charge in [-0.3, -0.25) is 9.48 Å². The van der Waals surface area contributed by atoms with Crippen LogP contribution >= 0.6 is 11.8 Å². The minimum absolute atomic E-state index is 0.214. The van der Waals surface area contributed by atoms with E-state index < -0.39 is 11.7 Å². The molecular weight excluding hydrogens is 289 g/mol. The molecule has 0 aliphatic rings. The van der Waals surface area contributed by atoms with Gasteiger partial charge in [-0.25, -0.2) is 0 Å². The molecule has 2 rings (SSSR count). The Morgan fingerprint density at radius 3 is 2.50 bits per heavy atom. The summed E-state index contributed by atoms with van der Waals surface area (Å²) in [7, 11) is 1.72. The van der Waals surface area contributed by atoms with Gasteiger partial charge in [-0.2, -0.15) is 18.3 Å². The molecule has 0 fully saturated rings. The van der Waals surface area contributed by atoms with E-state index in [0.29, 0.717) is 4.90 Å². The van der Waals surface area contributed by atoms with Crippen molar-refractivity contribution in [1.29, 1.82) is 0 Å². The summed E-state index contributed by atoms with van der Waals surface area (Å²) >= 11 is 1.17. The molecule has 0 saturated carbocycles. The van der Waals surface area contributed by atoms with Crippen LogP contribution in [0.25, 0.3) is 0 Å². The van der Waals surface area contributed by atoms with E-state index in [1.165, 1.54) is 23.9 Å². The fourth-order valence-corrected chi connectivity index (χ4v) is 2.71. The van der Waals surface area contributed by atoms with E-state index >= 15 is 0 Å². The maximum Gasteiger partial charge on any atom is 0.417 e. The second kappa shape index (κ2) is 5.32. The summed E-state index contributed by atoms with van der Waals surface area (Å²) in [6.45, 7) is 1.81. The Morgan fingerprint density at radius 2 is 2.00 bits per heavy atom. The zero-order valence-electron chi connectivity index (χ0n) is 10.7. The smallest absolute Gasteiger partial charge is 0.298 e. The van der Waals surface area contributed by atoms with Gasteiger partial charge in [0.2, 0.25) is 0 Å². The van der Waals surface area contributed by atoms with Gasteiger partial charge in [0.15, 0.2) is 6.29 Å². The number of benzene rings is 1.